The normalized spacial score (nSPS) is 26.5. The Bertz CT molecular complexity index is 2520. The van der Waals surface area contributed by atoms with E-state index >= 15 is 0 Å². The molecular weight excluding hydrogens is 945 g/mol. The molecule has 0 spiro atoms. The number of carboxylic acids is 1. The number of ketones is 3. The number of aliphatic carboxylic acids is 1. The lowest BCUT2D eigenvalue weighted by molar-refractivity contribution is -0.148. The van der Waals surface area contributed by atoms with Crippen molar-refractivity contribution in [3.63, 3.8) is 0 Å². The zero-order valence-corrected chi connectivity index (χ0v) is 40.7. The number of hydrogen-bond acceptors (Lipinski definition) is 14. The monoisotopic (exact) mass is 1000 g/mol. The van der Waals surface area contributed by atoms with Crippen LogP contribution in [0.15, 0.2) is 35.4 Å². The van der Waals surface area contributed by atoms with Gasteiger partial charge in [0.1, 0.15) is 12.1 Å². The van der Waals surface area contributed by atoms with Gasteiger partial charge in [0.2, 0.25) is 35.4 Å². The largest absolute Gasteiger partial charge is 0.481 e. The number of rotatable bonds is 10. The Morgan fingerprint density at radius 2 is 1.44 bits per heavy atom. The van der Waals surface area contributed by atoms with Crippen LogP contribution in [-0.4, -0.2) is 158 Å². The smallest absolute Gasteiger partial charge is 0.304 e. The van der Waals surface area contributed by atoms with Crippen molar-refractivity contribution in [2.24, 2.45) is 23.7 Å². The first-order valence-electron chi connectivity index (χ1n) is 23.7. The highest BCUT2D eigenvalue weighted by atomic mass is 32.2. The first-order chi connectivity index (χ1) is 33.7. The molecule has 382 valence electrons. The van der Waals surface area contributed by atoms with Gasteiger partial charge >= 0.3 is 5.97 Å². The molecule has 0 aliphatic carbocycles. The molecule has 5 heterocycles. The number of hydrogen-bond donors (Lipinski definition) is 8. The summed E-state index contributed by atoms with van der Waals surface area (Å²) < 4.78 is 0. The Hall–Kier alpha value is -6.75. The number of aromatic nitrogens is 1. The molecule has 6 rings (SSSR count). The second kappa shape index (κ2) is 23.4. The molecule has 1 saturated heterocycles. The lowest BCUT2D eigenvalue weighted by Crippen LogP contribution is -2.55. The number of nitrogens with one attached hydrogen (secondary N) is 6. The summed E-state index contributed by atoms with van der Waals surface area (Å²) in [7, 11) is 0. The molecule has 1 fully saturated rings. The molecule has 2 bridgehead atoms. The third kappa shape index (κ3) is 13.2. The molecule has 2 aromatic rings. The predicted octanol–water partition coefficient (Wildman–Crippen LogP) is -0.767. The summed E-state index contributed by atoms with van der Waals surface area (Å²) in [6.45, 7) is 4.77. The van der Waals surface area contributed by atoms with Crippen LogP contribution in [0.1, 0.15) is 77.3 Å². The number of nitrogens with zero attached hydrogens (tertiary/aromatic N) is 2. The van der Waals surface area contributed by atoms with Crippen LogP contribution >= 0.6 is 11.8 Å². The highest BCUT2D eigenvalue weighted by molar-refractivity contribution is 7.99. The Kier molecular flexibility index (Phi) is 17.7. The average Bonchev–Trinajstić information content (AvgIpc) is 3.99. The second-order valence-corrected chi connectivity index (χ2v) is 19.8. The number of H-pyrrole nitrogens is 1. The first-order valence-corrected chi connectivity index (χ1v) is 24.7. The maximum Gasteiger partial charge on any atom is 0.304 e. The molecule has 8 amide bonds. The predicted molar refractivity (Wildman–Crippen MR) is 253 cm³/mol. The van der Waals surface area contributed by atoms with Gasteiger partial charge < -0.3 is 46.7 Å². The van der Waals surface area contributed by atoms with Gasteiger partial charge in [-0.05, 0) is 41.5 Å². The zero-order valence-electron chi connectivity index (χ0n) is 39.9. The van der Waals surface area contributed by atoms with Gasteiger partial charge in [-0.15, -0.1) is 11.8 Å². The number of aromatic amines is 1. The molecule has 1 unspecified atom stereocenters. The molecule has 4 aliphatic heterocycles. The fourth-order valence-corrected chi connectivity index (χ4v) is 10.3. The fourth-order valence-electron chi connectivity index (χ4n) is 9.18. The van der Waals surface area contributed by atoms with Crippen molar-refractivity contribution in [1.82, 2.24) is 41.4 Å². The minimum absolute atomic E-state index is 0.219. The van der Waals surface area contributed by atoms with Crippen LogP contribution in [0.4, 0.5) is 0 Å². The van der Waals surface area contributed by atoms with E-state index in [-0.39, 0.29) is 31.6 Å². The molecule has 9 atom stereocenters. The molecule has 0 saturated carbocycles. The Morgan fingerprint density at radius 3 is 2.10 bits per heavy atom. The van der Waals surface area contributed by atoms with Crippen molar-refractivity contribution < 1.29 is 67.7 Å². The average molecular weight is 1010 g/mol. The summed E-state index contributed by atoms with van der Waals surface area (Å²) in [5, 5.41) is 34.6. The van der Waals surface area contributed by atoms with E-state index in [4.69, 9.17) is 0 Å². The number of imide groups is 1. The topological polar surface area (TPSA) is 328 Å². The molecule has 0 radical (unpaired) electrons. The van der Waals surface area contributed by atoms with Crippen LogP contribution in [0.3, 0.4) is 0 Å². The van der Waals surface area contributed by atoms with E-state index in [0.717, 1.165) is 33.7 Å². The Morgan fingerprint density at radius 1 is 0.789 bits per heavy atom. The number of thioether (sulfide) groups is 1. The van der Waals surface area contributed by atoms with Crippen molar-refractivity contribution >= 4 is 93.2 Å². The van der Waals surface area contributed by atoms with E-state index in [1.165, 1.54) is 0 Å². The molecular formula is C48H60N8O14S. The van der Waals surface area contributed by atoms with Crippen molar-refractivity contribution in [2.75, 3.05) is 31.9 Å². The second-order valence-electron chi connectivity index (χ2n) is 18.7. The maximum absolute atomic E-state index is 14.7. The minimum Gasteiger partial charge on any atom is -0.481 e. The van der Waals surface area contributed by atoms with E-state index < -0.39 is 163 Å². The van der Waals surface area contributed by atoms with Crippen molar-refractivity contribution in [3.05, 3.63) is 41.5 Å². The standard InChI is InChI=1S/C48H60N8O14S/c1-5-23(3)42-36(60)14-26-13-31-30-12-25(11-28(57)21-56-39(63)9-10-40(56)64)7-8-32(30)52-47(31)71-22-33(51-37(61)18-50-46(69)43(24(4)6-2)53-38(62)19-49-44(26)67)35(59)15-27(16-41(65)66)48(70)55-20-29(58)17-34(55)45(68)54-42/h7-10,12,23-24,26-27,29,33-34,42-43,52,58H,5-6,11,13-22H2,1-4H3,(H,49,67)(H,50,69)(H,51,61)(H,53,62)(H,54,68)(H,65,66)/t23?,24-,26-,27-,29+,33-,34-,42-,43-/m0/s1. The maximum atomic E-state index is 14.7. The number of benzene rings is 1. The van der Waals surface area contributed by atoms with Gasteiger partial charge in [0, 0.05) is 67.0 Å². The summed E-state index contributed by atoms with van der Waals surface area (Å²) in [5.74, 6) is -13.6. The number of Topliss-reactive ketones (excluding diaryl/α,β-unsaturated/α-hetero) is 3. The lowest BCUT2D eigenvalue weighted by Gasteiger charge is -2.31. The molecule has 8 N–H and O–H groups in total. The van der Waals surface area contributed by atoms with E-state index in [2.05, 4.69) is 31.6 Å². The fraction of sp³-hybridized carbons (Fsp3) is 0.542. The van der Waals surface area contributed by atoms with E-state index in [9.17, 15) is 67.7 Å². The van der Waals surface area contributed by atoms with Gasteiger partial charge in [-0.25, -0.2) is 0 Å². The summed E-state index contributed by atoms with van der Waals surface area (Å²) >= 11 is 1.01. The molecule has 71 heavy (non-hydrogen) atoms. The van der Waals surface area contributed by atoms with E-state index in [1.54, 1.807) is 45.9 Å². The zero-order chi connectivity index (χ0) is 51.8. The van der Waals surface area contributed by atoms with Crippen LogP contribution in [0.5, 0.6) is 0 Å². The van der Waals surface area contributed by atoms with Crippen LogP contribution in [0.25, 0.3) is 10.9 Å². The number of amides is 8. The van der Waals surface area contributed by atoms with Gasteiger partial charge in [-0.1, -0.05) is 46.6 Å². The Labute approximate surface area is 412 Å². The van der Waals surface area contributed by atoms with Crippen molar-refractivity contribution in [2.45, 2.75) is 114 Å². The van der Waals surface area contributed by atoms with Gasteiger partial charge in [-0.3, -0.25) is 62.4 Å². The molecule has 22 nitrogen and oxygen atoms in total. The van der Waals surface area contributed by atoms with Crippen LogP contribution in [0.2, 0.25) is 0 Å². The van der Waals surface area contributed by atoms with Crippen LogP contribution in [-0.2, 0) is 70.4 Å². The lowest BCUT2D eigenvalue weighted by atomic mass is 9.86. The number of carbonyl (C=O) groups is 12. The number of aliphatic hydroxyl groups excluding tert-OH is 1. The van der Waals surface area contributed by atoms with Gasteiger partial charge in [0.05, 0.1) is 55.2 Å². The van der Waals surface area contributed by atoms with Crippen molar-refractivity contribution in [1.29, 1.82) is 0 Å². The summed E-state index contributed by atoms with van der Waals surface area (Å²) in [6, 6.07) is -0.338. The number of carbonyl (C=O) groups excluding carboxylic acids is 11. The third-order valence-electron chi connectivity index (χ3n) is 13.6. The molecule has 1 aromatic carbocycles. The summed E-state index contributed by atoms with van der Waals surface area (Å²) in [4.78, 5) is 168. The van der Waals surface area contributed by atoms with E-state index in [0.29, 0.717) is 39.9 Å². The highest BCUT2D eigenvalue weighted by Gasteiger charge is 2.44. The SMILES string of the molecule is CCC(C)[C@@H]1NC(=O)[C@@H]2C[C@@H](O)CN2C(=O)[C@H](CC(=O)O)CC(=O)[C@@H]2CSc3[nH]c4ccc(CC(=O)CN5C(=O)C=CC5=O)cc4c3C[C@@H](CC1=O)C(=O)NCC(=O)N[C@@H]([C@@H](C)CC)C(=O)NCC(=O)N2. The highest BCUT2D eigenvalue weighted by Crippen LogP contribution is 2.35. The first kappa shape index (κ1) is 53.6. The third-order valence-corrected chi connectivity index (χ3v) is 14.7. The van der Waals surface area contributed by atoms with Gasteiger partial charge in [0.15, 0.2) is 17.3 Å². The van der Waals surface area contributed by atoms with Crippen LogP contribution < -0.4 is 26.6 Å². The minimum atomic E-state index is -1.58. The van der Waals surface area contributed by atoms with Crippen LogP contribution in [0, 0.1) is 23.7 Å². The molecule has 1 aromatic heterocycles. The molecule has 23 heteroatoms. The number of aliphatic hydroxyl groups is 1. The van der Waals surface area contributed by atoms with Gasteiger partial charge in [0.25, 0.3) is 11.8 Å². The summed E-state index contributed by atoms with van der Waals surface area (Å²) in [6.07, 6.45) is -1.19. The summed E-state index contributed by atoms with van der Waals surface area (Å²) in [5.41, 5.74) is 1.33. The quantitative estimate of drug-likeness (QED) is 0.136. The number of carboxylic acid groups (broad SMARTS) is 1. The van der Waals surface area contributed by atoms with E-state index in [1.807, 2.05) is 0 Å². The van der Waals surface area contributed by atoms with Crippen molar-refractivity contribution in [3.8, 4) is 0 Å². The van der Waals surface area contributed by atoms with Gasteiger partial charge in [-0.2, -0.15) is 0 Å². The number of fused-ring (bicyclic) bond motifs is 5. The molecule has 4 aliphatic rings. The Balaban J connectivity index is 1.50.